The van der Waals surface area contributed by atoms with Crippen LogP contribution in [0.1, 0.15) is 5.56 Å². The Morgan fingerprint density at radius 2 is 1.81 bits per heavy atom. The van der Waals surface area contributed by atoms with Crippen molar-refractivity contribution in [3.05, 3.63) is 73.0 Å². The van der Waals surface area contributed by atoms with Crippen LogP contribution in [0.3, 0.4) is 0 Å². The minimum atomic E-state index is -0.256. The molecule has 0 aliphatic heterocycles. The molecule has 5 nitrogen and oxygen atoms in total. The zero-order chi connectivity index (χ0) is 18.3. The molecule has 0 amide bonds. The summed E-state index contributed by atoms with van der Waals surface area (Å²) in [5.74, 6) is 1.23. The fourth-order valence-electron chi connectivity index (χ4n) is 2.48. The highest BCUT2D eigenvalue weighted by atomic mass is 35.5. The standard InChI is InChI=1S/C18H11Cl2N3O2S/c1-25-11-7-5-10(6-8-11)16-21-18-23(22-16)17(24)15(26-18)9-12-13(19)3-2-4-14(12)20/h2-9H,1H3/b15-9-. The number of ether oxygens (including phenoxy) is 1. The molecule has 0 aliphatic rings. The number of rotatable bonds is 3. The molecule has 0 fully saturated rings. The van der Waals surface area contributed by atoms with Crippen molar-refractivity contribution in [2.75, 3.05) is 7.11 Å². The summed E-state index contributed by atoms with van der Waals surface area (Å²) in [5.41, 5.74) is 1.15. The first kappa shape index (κ1) is 17.0. The van der Waals surface area contributed by atoms with Crippen LogP contribution < -0.4 is 14.8 Å². The van der Waals surface area contributed by atoms with Crippen LogP contribution in [-0.4, -0.2) is 21.7 Å². The Morgan fingerprint density at radius 3 is 2.42 bits per heavy atom. The van der Waals surface area contributed by atoms with Crippen LogP contribution in [0.25, 0.3) is 22.4 Å². The highest BCUT2D eigenvalue weighted by Gasteiger charge is 2.13. The van der Waals surface area contributed by atoms with Gasteiger partial charge in [-0.1, -0.05) is 40.6 Å². The minimum Gasteiger partial charge on any atom is -0.497 e. The third-order valence-electron chi connectivity index (χ3n) is 3.81. The van der Waals surface area contributed by atoms with Crippen LogP contribution >= 0.6 is 34.5 Å². The van der Waals surface area contributed by atoms with Crippen molar-refractivity contribution in [2.24, 2.45) is 0 Å². The Kier molecular flexibility index (Phi) is 4.40. The van der Waals surface area contributed by atoms with Crippen LogP contribution in [0.2, 0.25) is 10.0 Å². The van der Waals surface area contributed by atoms with Gasteiger partial charge in [-0.2, -0.15) is 9.50 Å². The average Bonchev–Trinajstić information content (AvgIpc) is 3.18. The molecule has 0 radical (unpaired) electrons. The lowest BCUT2D eigenvalue weighted by atomic mass is 10.2. The van der Waals surface area contributed by atoms with Gasteiger partial charge in [0.25, 0.3) is 5.56 Å². The van der Waals surface area contributed by atoms with Gasteiger partial charge in [0.2, 0.25) is 4.96 Å². The van der Waals surface area contributed by atoms with E-state index in [2.05, 4.69) is 10.1 Å². The number of benzene rings is 2. The molecule has 8 heteroatoms. The molecule has 130 valence electrons. The molecule has 0 unspecified atom stereocenters. The van der Waals surface area contributed by atoms with Crippen molar-refractivity contribution in [1.82, 2.24) is 14.6 Å². The monoisotopic (exact) mass is 403 g/mol. The first-order chi connectivity index (χ1) is 12.6. The largest absolute Gasteiger partial charge is 0.497 e. The van der Waals surface area contributed by atoms with Crippen molar-refractivity contribution in [3.63, 3.8) is 0 Å². The predicted molar refractivity (Wildman–Crippen MR) is 104 cm³/mol. The molecule has 4 aromatic rings. The molecule has 0 spiro atoms. The molecule has 0 bridgehead atoms. The van der Waals surface area contributed by atoms with Gasteiger partial charge in [0.15, 0.2) is 5.82 Å². The summed E-state index contributed by atoms with van der Waals surface area (Å²) in [6.07, 6.45) is 1.67. The van der Waals surface area contributed by atoms with E-state index in [1.807, 2.05) is 24.3 Å². The number of nitrogens with zero attached hydrogens (tertiary/aromatic N) is 3. The van der Waals surface area contributed by atoms with E-state index in [1.54, 1.807) is 31.4 Å². The highest BCUT2D eigenvalue weighted by molar-refractivity contribution is 7.15. The zero-order valence-electron chi connectivity index (χ0n) is 13.4. The number of hydrogen-bond donors (Lipinski definition) is 0. The molecule has 4 rings (SSSR count). The Labute approximate surface area is 162 Å². The number of thiazole rings is 1. The molecule has 2 heterocycles. The van der Waals surface area contributed by atoms with Gasteiger partial charge in [-0.05, 0) is 42.5 Å². The van der Waals surface area contributed by atoms with Gasteiger partial charge in [0.1, 0.15) is 5.75 Å². The van der Waals surface area contributed by atoms with Gasteiger partial charge in [0.05, 0.1) is 11.6 Å². The fourth-order valence-corrected chi connectivity index (χ4v) is 3.87. The summed E-state index contributed by atoms with van der Waals surface area (Å²) < 4.78 is 6.90. The summed E-state index contributed by atoms with van der Waals surface area (Å²) in [4.78, 5) is 17.6. The van der Waals surface area contributed by atoms with Crippen LogP contribution in [0, 0.1) is 0 Å². The van der Waals surface area contributed by atoms with Gasteiger partial charge >= 0.3 is 0 Å². The summed E-state index contributed by atoms with van der Waals surface area (Å²) in [5, 5.41) is 5.28. The molecule has 0 N–H and O–H groups in total. The number of halogens is 2. The number of methoxy groups -OCH3 is 1. The van der Waals surface area contributed by atoms with E-state index in [0.29, 0.717) is 30.9 Å². The molecule has 0 aliphatic carbocycles. The average molecular weight is 404 g/mol. The molecule has 0 saturated carbocycles. The van der Waals surface area contributed by atoms with E-state index in [9.17, 15) is 4.79 Å². The topological polar surface area (TPSA) is 56.5 Å². The number of hydrogen-bond acceptors (Lipinski definition) is 5. The van der Waals surface area contributed by atoms with Gasteiger partial charge < -0.3 is 4.74 Å². The number of fused-ring (bicyclic) bond motifs is 1. The van der Waals surface area contributed by atoms with Crippen LogP contribution in [-0.2, 0) is 0 Å². The summed E-state index contributed by atoms with van der Waals surface area (Å²) in [6.45, 7) is 0. The normalized spacial score (nSPS) is 12.0. The van der Waals surface area contributed by atoms with E-state index in [0.717, 1.165) is 11.3 Å². The highest BCUT2D eigenvalue weighted by Crippen LogP contribution is 2.25. The second-order valence-electron chi connectivity index (χ2n) is 5.41. The van der Waals surface area contributed by atoms with E-state index < -0.39 is 0 Å². The van der Waals surface area contributed by atoms with Crippen molar-refractivity contribution in [3.8, 4) is 17.1 Å². The summed E-state index contributed by atoms with van der Waals surface area (Å²) in [6, 6.07) is 12.5. The molecular formula is C18H11Cl2N3O2S. The quantitative estimate of drug-likeness (QED) is 0.523. The number of aromatic nitrogens is 3. The zero-order valence-corrected chi connectivity index (χ0v) is 15.8. The van der Waals surface area contributed by atoms with Crippen molar-refractivity contribution < 1.29 is 4.74 Å². The van der Waals surface area contributed by atoms with E-state index >= 15 is 0 Å². The van der Waals surface area contributed by atoms with E-state index in [-0.39, 0.29) is 5.56 Å². The van der Waals surface area contributed by atoms with Crippen LogP contribution in [0.5, 0.6) is 5.75 Å². The maximum atomic E-state index is 12.6. The van der Waals surface area contributed by atoms with Gasteiger partial charge in [-0.25, -0.2) is 0 Å². The van der Waals surface area contributed by atoms with Crippen molar-refractivity contribution >= 4 is 45.6 Å². The smallest absolute Gasteiger partial charge is 0.291 e. The molecule has 2 aromatic heterocycles. The minimum absolute atomic E-state index is 0.256. The Morgan fingerprint density at radius 1 is 1.12 bits per heavy atom. The van der Waals surface area contributed by atoms with E-state index in [4.69, 9.17) is 27.9 Å². The SMILES string of the molecule is COc1ccc(-c2nc3s/c(=C\c4c(Cl)cccc4Cl)c(=O)n3n2)cc1. The van der Waals surface area contributed by atoms with Crippen LogP contribution in [0.4, 0.5) is 0 Å². The van der Waals surface area contributed by atoms with Crippen molar-refractivity contribution in [2.45, 2.75) is 0 Å². The van der Waals surface area contributed by atoms with Crippen LogP contribution in [0.15, 0.2) is 47.3 Å². The lowest BCUT2D eigenvalue weighted by Gasteiger charge is -1.99. The van der Waals surface area contributed by atoms with Crippen molar-refractivity contribution in [1.29, 1.82) is 0 Å². The second kappa shape index (κ2) is 6.72. The first-order valence-electron chi connectivity index (χ1n) is 7.56. The summed E-state index contributed by atoms with van der Waals surface area (Å²) in [7, 11) is 1.60. The van der Waals surface area contributed by atoms with Gasteiger partial charge in [-0.3, -0.25) is 4.79 Å². The Balaban J connectivity index is 1.81. The maximum Gasteiger partial charge on any atom is 0.291 e. The predicted octanol–water partition coefficient (Wildman–Crippen LogP) is 3.68. The maximum absolute atomic E-state index is 12.6. The third-order valence-corrected chi connectivity index (χ3v) is 5.42. The fraction of sp³-hybridized carbons (Fsp3) is 0.0556. The first-order valence-corrected chi connectivity index (χ1v) is 9.14. The van der Waals surface area contributed by atoms with Gasteiger partial charge in [0, 0.05) is 21.2 Å². The molecular weight excluding hydrogens is 393 g/mol. The molecule has 26 heavy (non-hydrogen) atoms. The third kappa shape index (κ3) is 2.96. The molecule has 0 saturated heterocycles. The lowest BCUT2D eigenvalue weighted by Crippen LogP contribution is -2.23. The molecule has 2 aromatic carbocycles. The Bertz CT molecular complexity index is 1200. The van der Waals surface area contributed by atoms with Gasteiger partial charge in [-0.15, -0.1) is 5.10 Å². The van der Waals surface area contributed by atoms with E-state index in [1.165, 1.54) is 15.9 Å². The molecule has 0 atom stereocenters. The summed E-state index contributed by atoms with van der Waals surface area (Å²) >= 11 is 13.6. The Hall–Kier alpha value is -2.41. The lowest BCUT2D eigenvalue weighted by molar-refractivity contribution is 0.415. The second-order valence-corrected chi connectivity index (χ2v) is 7.23.